The van der Waals surface area contributed by atoms with Crippen molar-refractivity contribution in [3.63, 3.8) is 0 Å². The molecule has 2 amide bonds. The van der Waals surface area contributed by atoms with Crippen LogP contribution in [-0.4, -0.2) is 33.3 Å². The van der Waals surface area contributed by atoms with Gasteiger partial charge < -0.3 is 15.7 Å². The summed E-state index contributed by atoms with van der Waals surface area (Å²) < 4.78 is 0. The van der Waals surface area contributed by atoms with Gasteiger partial charge in [0.25, 0.3) is 0 Å². The number of aliphatic hydroxyl groups excluding tert-OH is 1. The van der Waals surface area contributed by atoms with Gasteiger partial charge in [0.05, 0.1) is 24.2 Å². The largest absolute Gasteiger partial charge is 0.393 e. The fourth-order valence-corrected chi connectivity index (χ4v) is 2.35. The Hall–Kier alpha value is -1.69. The Morgan fingerprint density at radius 3 is 2.29 bits per heavy atom. The lowest BCUT2D eigenvalue weighted by atomic mass is 9.93. The van der Waals surface area contributed by atoms with Crippen molar-refractivity contribution in [3.05, 3.63) is 18.2 Å². The van der Waals surface area contributed by atoms with Crippen LogP contribution in [-0.2, 0) is 5.41 Å². The first-order chi connectivity index (χ1) is 9.84. The van der Waals surface area contributed by atoms with Crippen molar-refractivity contribution in [2.75, 3.05) is 5.32 Å². The Morgan fingerprint density at radius 1 is 1.19 bits per heavy atom. The maximum absolute atomic E-state index is 11.9. The van der Waals surface area contributed by atoms with Crippen LogP contribution < -0.4 is 10.6 Å². The number of urea groups is 1. The number of carbonyl (C=O) groups excluding carboxylic acids is 1. The lowest BCUT2D eigenvalue weighted by molar-refractivity contribution is 0.118. The number of nitrogens with zero attached hydrogens (tertiary/aromatic N) is 2. The summed E-state index contributed by atoms with van der Waals surface area (Å²) in [5.41, 5.74) is 0.473. The van der Waals surface area contributed by atoms with Crippen LogP contribution in [0, 0.1) is 0 Å². The van der Waals surface area contributed by atoms with Crippen LogP contribution in [0.25, 0.3) is 0 Å². The first kappa shape index (κ1) is 15.7. The molecule has 1 aromatic heterocycles. The highest BCUT2D eigenvalue weighted by Gasteiger charge is 2.21. The second-order valence-corrected chi connectivity index (χ2v) is 6.65. The summed E-state index contributed by atoms with van der Waals surface area (Å²) >= 11 is 0. The molecule has 0 saturated heterocycles. The van der Waals surface area contributed by atoms with Crippen molar-refractivity contribution in [1.29, 1.82) is 0 Å². The minimum Gasteiger partial charge on any atom is -0.393 e. The molecule has 6 nitrogen and oxygen atoms in total. The number of amides is 2. The molecule has 0 atom stereocenters. The second-order valence-electron chi connectivity index (χ2n) is 6.65. The second kappa shape index (κ2) is 6.39. The minimum absolute atomic E-state index is 0.107. The molecular formula is C15H24N4O2. The number of aliphatic hydroxyl groups is 1. The van der Waals surface area contributed by atoms with Gasteiger partial charge in [-0.2, -0.15) is 0 Å². The maximum atomic E-state index is 11.9. The maximum Gasteiger partial charge on any atom is 0.319 e. The first-order valence-corrected chi connectivity index (χ1v) is 7.42. The average molecular weight is 292 g/mol. The van der Waals surface area contributed by atoms with Crippen LogP contribution in [0.3, 0.4) is 0 Å². The van der Waals surface area contributed by atoms with Crippen LogP contribution in [0.15, 0.2) is 12.4 Å². The van der Waals surface area contributed by atoms with E-state index in [1.165, 1.54) is 0 Å². The fraction of sp³-hybridized carbons (Fsp3) is 0.667. The molecule has 1 aliphatic rings. The quantitative estimate of drug-likeness (QED) is 0.780. The Morgan fingerprint density at radius 2 is 1.76 bits per heavy atom. The molecule has 0 aliphatic heterocycles. The van der Waals surface area contributed by atoms with E-state index in [4.69, 9.17) is 0 Å². The molecule has 1 aromatic rings. The van der Waals surface area contributed by atoms with E-state index in [9.17, 15) is 9.90 Å². The Bertz CT molecular complexity index is 473. The Kier molecular flexibility index (Phi) is 4.77. The third kappa shape index (κ3) is 4.67. The lowest BCUT2D eigenvalue weighted by Gasteiger charge is -2.26. The van der Waals surface area contributed by atoms with Crippen LogP contribution in [0.2, 0.25) is 0 Å². The SMILES string of the molecule is CC(C)(C)c1ncc(NC(=O)NC2CCC(O)CC2)cn1. The number of carbonyl (C=O) groups is 1. The van der Waals surface area contributed by atoms with E-state index in [2.05, 4.69) is 20.6 Å². The number of rotatable bonds is 2. The monoisotopic (exact) mass is 292 g/mol. The van der Waals surface area contributed by atoms with Crippen molar-refractivity contribution in [2.45, 2.75) is 64.0 Å². The standard InChI is InChI=1S/C15H24N4O2/c1-15(2,3)13-16-8-11(9-17-13)19-14(21)18-10-4-6-12(20)7-5-10/h8-10,12,20H,4-7H2,1-3H3,(H2,18,19,21). The van der Waals surface area contributed by atoms with Gasteiger partial charge in [-0.05, 0) is 25.7 Å². The molecule has 2 rings (SSSR count). The molecule has 21 heavy (non-hydrogen) atoms. The van der Waals surface area contributed by atoms with Crippen LogP contribution in [0.5, 0.6) is 0 Å². The van der Waals surface area contributed by atoms with Gasteiger partial charge in [0.2, 0.25) is 0 Å². The highest BCUT2D eigenvalue weighted by Crippen LogP contribution is 2.19. The van der Waals surface area contributed by atoms with E-state index in [0.717, 1.165) is 31.5 Å². The minimum atomic E-state index is -0.247. The number of hydrogen-bond acceptors (Lipinski definition) is 4. The van der Waals surface area contributed by atoms with Gasteiger partial charge in [0, 0.05) is 11.5 Å². The zero-order chi connectivity index (χ0) is 15.5. The smallest absolute Gasteiger partial charge is 0.319 e. The zero-order valence-electron chi connectivity index (χ0n) is 12.9. The van der Waals surface area contributed by atoms with E-state index in [0.29, 0.717) is 5.69 Å². The van der Waals surface area contributed by atoms with Crippen molar-refractivity contribution in [1.82, 2.24) is 15.3 Å². The molecule has 0 bridgehead atoms. The van der Waals surface area contributed by atoms with Crippen molar-refractivity contribution < 1.29 is 9.90 Å². The summed E-state index contributed by atoms with van der Waals surface area (Å²) in [5.74, 6) is 0.745. The number of nitrogens with one attached hydrogen (secondary N) is 2. The van der Waals surface area contributed by atoms with Crippen molar-refractivity contribution in [3.8, 4) is 0 Å². The van der Waals surface area contributed by atoms with Crippen molar-refractivity contribution >= 4 is 11.7 Å². The number of anilines is 1. The van der Waals surface area contributed by atoms with Gasteiger partial charge in [-0.1, -0.05) is 20.8 Å². The van der Waals surface area contributed by atoms with Crippen molar-refractivity contribution in [2.24, 2.45) is 0 Å². The van der Waals surface area contributed by atoms with Crippen LogP contribution >= 0.6 is 0 Å². The molecule has 1 aliphatic carbocycles. The number of hydrogen-bond donors (Lipinski definition) is 3. The van der Waals surface area contributed by atoms with Gasteiger partial charge in [0.15, 0.2) is 0 Å². The summed E-state index contributed by atoms with van der Waals surface area (Å²) in [6.07, 6.45) is 6.14. The molecule has 0 unspecified atom stereocenters. The third-order valence-corrected chi connectivity index (χ3v) is 3.61. The molecule has 3 N–H and O–H groups in total. The topological polar surface area (TPSA) is 87.1 Å². The summed E-state index contributed by atoms with van der Waals surface area (Å²) in [4.78, 5) is 20.4. The molecule has 116 valence electrons. The molecule has 1 heterocycles. The molecule has 0 spiro atoms. The third-order valence-electron chi connectivity index (χ3n) is 3.61. The van der Waals surface area contributed by atoms with Crippen LogP contribution in [0.4, 0.5) is 10.5 Å². The highest BCUT2D eigenvalue weighted by molar-refractivity contribution is 5.89. The lowest BCUT2D eigenvalue weighted by Crippen LogP contribution is -2.40. The van der Waals surface area contributed by atoms with E-state index in [1.54, 1.807) is 12.4 Å². The van der Waals surface area contributed by atoms with Gasteiger partial charge >= 0.3 is 6.03 Å². The summed E-state index contributed by atoms with van der Waals surface area (Å²) in [5, 5.41) is 15.1. The highest BCUT2D eigenvalue weighted by atomic mass is 16.3. The Balaban J connectivity index is 1.85. The van der Waals surface area contributed by atoms with Gasteiger partial charge in [-0.15, -0.1) is 0 Å². The fourth-order valence-electron chi connectivity index (χ4n) is 2.35. The average Bonchev–Trinajstić information content (AvgIpc) is 2.41. The van der Waals surface area contributed by atoms with E-state index >= 15 is 0 Å². The van der Waals surface area contributed by atoms with Crippen LogP contribution in [0.1, 0.15) is 52.3 Å². The van der Waals surface area contributed by atoms with E-state index < -0.39 is 0 Å². The zero-order valence-corrected chi connectivity index (χ0v) is 12.9. The predicted molar refractivity (Wildman–Crippen MR) is 81.1 cm³/mol. The van der Waals surface area contributed by atoms with Gasteiger partial charge in [0.1, 0.15) is 5.82 Å². The van der Waals surface area contributed by atoms with E-state index in [1.807, 2.05) is 20.8 Å². The normalized spacial score (nSPS) is 22.7. The van der Waals surface area contributed by atoms with Gasteiger partial charge in [-0.25, -0.2) is 14.8 Å². The summed E-state index contributed by atoms with van der Waals surface area (Å²) in [6.45, 7) is 6.12. The molecule has 0 radical (unpaired) electrons. The predicted octanol–water partition coefficient (Wildman–Crippen LogP) is 2.20. The molecule has 6 heteroatoms. The molecular weight excluding hydrogens is 268 g/mol. The Labute approximate surface area is 125 Å². The van der Waals surface area contributed by atoms with Gasteiger partial charge in [-0.3, -0.25) is 0 Å². The summed E-state index contributed by atoms with van der Waals surface area (Å²) in [7, 11) is 0. The van der Waals surface area contributed by atoms with E-state index in [-0.39, 0.29) is 23.6 Å². The molecule has 1 saturated carbocycles. The molecule has 0 aromatic carbocycles. The number of aromatic nitrogens is 2. The summed E-state index contributed by atoms with van der Waals surface area (Å²) in [6, 6.07) is -0.119. The molecule has 1 fully saturated rings. The first-order valence-electron chi connectivity index (χ1n) is 7.42.